The molecule has 0 aromatic heterocycles. The van der Waals surface area contributed by atoms with Crippen LogP contribution < -0.4 is 5.32 Å². The van der Waals surface area contributed by atoms with Crippen molar-refractivity contribution >= 4 is 0 Å². The van der Waals surface area contributed by atoms with Crippen molar-refractivity contribution in [3.05, 3.63) is 0 Å². The van der Waals surface area contributed by atoms with E-state index in [1.807, 2.05) is 0 Å². The fourth-order valence-electron chi connectivity index (χ4n) is 4.70. The van der Waals surface area contributed by atoms with E-state index in [1.165, 1.54) is 58.0 Å². The molecule has 2 nitrogen and oxygen atoms in total. The first-order valence-electron chi connectivity index (χ1n) is 9.06. The lowest BCUT2D eigenvalue weighted by atomic mass is 9.67. The van der Waals surface area contributed by atoms with E-state index >= 15 is 0 Å². The van der Waals surface area contributed by atoms with E-state index in [0.29, 0.717) is 11.5 Å². The second-order valence-electron chi connectivity index (χ2n) is 7.73. The van der Waals surface area contributed by atoms with Crippen LogP contribution in [0.15, 0.2) is 0 Å². The Kier molecular flexibility index (Phi) is 5.92. The van der Waals surface area contributed by atoms with Crippen molar-refractivity contribution in [2.45, 2.75) is 84.7 Å². The number of hydrogen-bond donors (Lipinski definition) is 1. The first-order chi connectivity index (χ1) is 9.58. The zero-order valence-corrected chi connectivity index (χ0v) is 14.3. The van der Waals surface area contributed by atoms with Gasteiger partial charge in [-0.2, -0.15) is 0 Å². The van der Waals surface area contributed by atoms with Crippen LogP contribution in [0.2, 0.25) is 0 Å². The zero-order valence-electron chi connectivity index (χ0n) is 14.3. The van der Waals surface area contributed by atoms with E-state index in [2.05, 4.69) is 37.9 Å². The van der Waals surface area contributed by atoms with Gasteiger partial charge in [-0.25, -0.2) is 0 Å². The summed E-state index contributed by atoms with van der Waals surface area (Å²) in [5.74, 6) is 0.853. The number of nitrogens with zero attached hydrogens (tertiary/aromatic N) is 1. The van der Waals surface area contributed by atoms with Crippen molar-refractivity contribution < 1.29 is 0 Å². The predicted molar refractivity (Wildman–Crippen MR) is 88.1 cm³/mol. The van der Waals surface area contributed by atoms with Crippen LogP contribution >= 0.6 is 0 Å². The quantitative estimate of drug-likeness (QED) is 0.817. The standard InChI is InChI=1S/C18H36N2/c1-5-16-11-7-8-13-20(16)14-15-10-9-12-18(3,4)17(15)19-6-2/h15-17,19H,5-14H2,1-4H3. The third kappa shape index (κ3) is 3.76. The summed E-state index contributed by atoms with van der Waals surface area (Å²) in [6.45, 7) is 13.4. The molecular formula is C18H36N2. The van der Waals surface area contributed by atoms with E-state index in [1.54, 1.807) is 0 Å². The molecule has 20 heavy (non-hydrogen) atoms. The molecule has 0 aromatic rings. The highest BCUT2D eigenvalue weighted by molar-refractivity contribution is 4.95. The Labute approximate surface area is 126 Å². The van der Waals surface area contributed by atoms with Crippen LogP contribution in [-0.2, 0) is 0 Å². The van der Waals surface area contributed by atoms with Crippen LogP contribution in [0, 0.1) is 11.3 Å². The Balaban J connectivity index is 2.01. The fraction of sp³-hybridized carbons (Fsp3) is 1.00. The lowest BCUT2D eigenvalue weighted by Gasteiger charge is -2.47. The molecule has 2 heteroatoms. The third-order valence-corrected chi connectivity index (χ3v) is 5.82. The van der Waals surface area contributed by atoms with E-state index in [9.17, 15) is 0 Å². The number of hydrogen-bond acceptors (Lipinski definition) is 2. The van der Waals surface area contributed by atoms with Gasteiger partial charge in [0, 0.05) is 18.6 Å². The molecule has 2 fully saturated rings. The van der Waals surface area contributed by atoms with Crippen LogP contribution in [0.1, 0.15) is 72.6 Å². The van der Waals surface area contributed by atoms with Crippen molar-refractivity contribution in [1.29, 1.82) is 0 Å². The van der Waals surface area contributed by atoms with Crippen molar-refractivity contribution in [3.63, 3.8) is 0 Å². The molecule has 1 aliphatic carbocycles. The molecule has 0 spiro atoms. The summed E-state index contributed by atoms with van der Waals surface area (Å²) in [6.07, 6.45) is 9.86. The van der Waals surface area contributed by atoms with Crippen LogP contribution in [-0.4, -0.2) is 36.6 Å². The molecule has 3 atom stereocenters. The topological polar surface area (TPSA) is 15.3 Å². The second kappa shape index (κ2) is 7.26. The minimum Gasteiger partial charge on any atom is -0.313 e. The summed E-state index contributed by atoms with van der Waals surface area (Å²) in [4.78, 5) is 2.82. The fourth-order valence-corrected chi connectivity index (χ4v) is 4.70. The van der Waals surface area contributed by atoms with Crippen molar-refractivity contribution in [2.75, 3.05) is 19.6 Å². The monoisotopic (exact) mass is 280 g/mol. The van der Waals surface area contributed by atoms with Crippen molar-refractivity contribution in [1.82, 2.24) is 10.2 Å². The lowest BCUT2D eigenvalue weighted by Crippen LogP contribution is -2.54. The van der Waals surface area contributed by atoms with Gasteiger partial charge in [0.25, 0.3) is 0 Å². The minimum absolute atomic E-state index is 0.469. The van der Waals surface area contributed by atoms with Gasteiger partial charge in [0.15, 0.2) is 0 Å². The third-order valence-electron chi connectivity index (χ3n) is 5.82. The van der Waals surface area contributed by atoms with Crippen LogP contribution in [0.5, 0.6) is 0 Å². The average molecular weight is 280 g/mol. The van der Waals surface area contributed by atoms with Gasteiger partial charge in [-0.05, 0) is 56.5 Å². The first-order valence-corrected chi connectivity index (χ1v) is 9.06. The van der Waals surface area contributed by atoms with Gasteiger partial charge in [0.05, 0.1) is 0 Å². The van der Waals surface area contributed by atoms with Crippen molar-refractivity contribution in [2.24, 2.45) is 11.3 Å². The maximum Gasteiger partial charge on any atom is 0.0159 e. The summed E-state index contributed by atoms with van der Waals surface area (Å²) in [5.41, 5.74) is 0.469. The van der Waals surface area contributed by atoms with Gasteiger partial charge in [0.1, 0.15) is 0 Å². The minimum atomic E-state index is 0.469. The lowest BCUT2D eigenvalue weighted by molar-refractivity contribution is 0.0519. The van der Waals surface area contributed by atoms with Gasteiger partial charge in [-0.1, -0.05) is 40.5 Å². The number of piperidine rings is 1. The summed E-state index contributed by atoms with van der Waals surface area (Å²) < 4.78 is 0. The Morgan fingerprint density at radius 2 is 1.90 bits per heavy atom. The molecule has 1 N–H and O–H groups in total. The first kappa shape index (κ1) is 16.3. The van der Waals surface area contributed by atoms with E-state index < -0.39 is 0 Å². The van der Waals surface area contributed by atoms with E-state index in [0.717, 1.165) is 18.5 Å². The van der Waals surface area contributed by atoms with Gasteiger partial charge in [-0.3, -0.25) is 0 Å². The van der Waals surface area contributed by atoms with Crippen LogP contribution in [0.25, 0.3) is 0 Å². The summed E-state index contributed by atoms with van der Waals surface area (Å²) in [7, 11) is 0. The zero-order chi connectivity index (χ0) is 14.6. The predicted octanol–water partition coefficient (Wildman–Crippen LogP) is 4.06. The largest absolute Gasteiger partial charge is 0.313 e. The Morgan fingerprint density at radius 3 is 2.60 bits per heavy atom. The number of rotatable bonds is 5. The average Bonchev–Trinajstić information content (AvgIpc) is 2.43. The maximum atomic E-state index is 3.82. The summed E-state index contributed by atoms with van der Waals surface area (Å²) >= 11 is 0. The van der Waals surface area contributed by atoms with Crippen molar-refractivity contribution in [3.8, 4) is 0 Å². The maximum absolute atomic E-state index is 3.82. The molecule has 0 bridgehead atoms. The SMILES string of the molecule is CCNC1C(CN2CCCCC2CC)CCCC1(C)C. The van der Waals surface area contributed by atoms with Crippen LogP contribution in [0.3, 0.4) is 0 Å². The highest BCUT2D eigenvalue weighted by Gasteiger charge is 2.39. The molecule has 1 saturated carbocycles. The normalized spacial score (nSPS) is 35.1. The van der Waals surface area contributed by atoms with Crippen LogP contribution in [0.4, 0.5) is 0 Å². The summed E-state index contributed by atoms with van der Waals surface area (Å²) in [6, 6.07) is 1.57. The molecule has 1 saturated heterocycles. The Bertz CT molecular complexity index is 287. The molecule has 2 rings (SSSR count). The molecule has 3 unspecified atom stereocenters. The highest BCUT2D eigenvalue weighted by atomic mass is 15.2. The smallest absolute Gasteiger partial charge is 0.0159 e. The van der Waals surface area contributed by atoms with Gasteiger partial charge < -0.3 is 10.2 Å². The molecule has 0 radical (unpaired) electrons. The van der Waals surface area contributed by atoms with E-state index in [-0.39, 0.29) is 0 Å². The molecule has 1 heterocycles. The van der Waals surface area contributed by atoms with Gasteiger partial charge >= 0.3 is 0 Å². The number of likely N-dealkylation sites (tertiary alicyclic amines) is 1. The Hall–Kier alpha value is -0.0800. The molecule has 118 valence electrons. The molecule has 1 aliphatic heterocycles. The van der Waals surface area contributed by atoms with Gasteiger partial charge in [0.2, 0.25) is 0 Å². The molecular weight excluding hydrogens is 244 g/mol. The summed E-state index contributed by atoms with van der Waals surface area (Å²) in [5, 5.41) is 3.82. The second-order valence-corrected chi connectivity index (χ2v) is 7.73. The number of nitrogens with one attached hydrogen (secondary N) is 1. The molecule has 0 aromatic carbocycles. The Morgan fingerprint density at radius 1 is 1.10 bits per heavy atom. The van der Waals surface area contributed by atoms with E-state index in [4.69, 9.17) is 0 Å². The molecule has 0 amide bonds. The highest BCUT2D eigenvalue weighted by Crippen LogP contribution is 2.40. The molecule has 2 aliphatic rings. The van der Waals surface area contributed by atoms with Gasteiger partial charge in [-0.15, -0.1) is 0 Å².